The van der Waals surface area contributed by atoms with E-state index < -0.39 is 10.0 Å². The first-order valence-electron chi connectivity index (χ1n) is 7.83. The van der Waals surface area contributed by atoms with Crippen LogP contribution in [0.1, 0.15) is 35.3 Å². The largest absolute Gasteiger partial charge is 0.352 e. The first kappa shape index (κ1) is 19.9. The predicted molar refractivity (Wildman–Crippen MR) is 96.4 cm³/mol. The normalized spacial score (nSPS) is 10.5. The van der Waals surface area contributed by atoms with Crippen molar-refractivity contribution < 1.29 is 13.2 Å². The molecule has 0 spiro atoms. The van der Waals surface area contributed by atoms with Crippen molar-refractivity contribution in [3.05, 3.63) is 65.2 Å². The molecule has 0 heterocycles. The van der Waals surface area contributed by atoms with Crippen LogP contribution < -0.4 is 10.5 Å². The molecule has 2 aromatic carbocycles. The van der Waals surface area contributed by atoms with Crippen LogP contribution in [0.25, 0.3) is 0 Å². The Balaban J connectivity index is 0.00000139. The van der Waals surface area contributed by atoms with E-state index in [1.54, 1.807) is 18.2 Å². The summed E-state index contributed by atoms with van der Waals surface area (Å²) in [5, 5.41) is 7.88. The van der Waals surface area contributed by atoms with Crippen LogP contribution in [0, 0.1) is 6.92 Å². The minimum absolute atomic E-state index is 0.0834. The third kappa shape index (κ3) is 6.14. The van der Waals surface area contributed by atoms with Gasteiger partial charge in [0.2, 0.25) is 10.0 Å². The highest BCUT2D eigenvalue weighted by Crippen LogP contribution is 2.09. The zero-order chi connectivity index (χ0) is 18.2. The van der Waals surface area contributed by atoms with Crippen molar-refractivity contribution in [1.82, 2.24) is 5.32 Å². The zero-order valence-electron chi connectivity index (χ0n) is 14.2. The molecule has 0 aliphatic rings. The Hall–Kier alpha value is -2.18. The van der Waals surface area contributed by atoms with E-state index in [1.165, 1.54) is 12.1 Å². The van der Waals surface area contributed by atoms with Crippen LogP contribution >= 0.6 is 0 Å². The third-order valence-electron chi connectivity index (χ3n) is 3.23. The van der Waals surface area contributed by atoms with Crippen LogP contribution in [-0.4, -0.2) is 20.9 Å². The van der Waals surface area contributed by atoms with Gasteiger partial charge in [-0.2, -0.15) is 0 Å². The zero-order valence-corrected chi connectivity index (χ0v) is 15.1. The number of carbonyl (C=O) groups excluding carboxylic acids is 1. The second-order valence-electron chi connectivity index (χ2n) is 5.06. The maximum atomic E-state index is 12.0. The lowest BCUT2D eigenvalue weighted by Gasteiger charge is -2.06. The Labute approximate surface area is 143 Å². The average Bonchev–Trinajstić information content (AvgIpc) is 2.56. The van der Waals surface area contributed by atoms with Crippen molar-refractivity contribution in [1.29, 1.82) is 0 Å². The van der Waals surface area contributed by atoms with Gasteiger partial charge < -0.3 is 5.32 Å². The number of rotatable bonds is 5. The Kier molecular flexibility index (Phi) is 7.61. The van der Waals surface area contributed by atoms with E-state index in [1.807, 2.05) is 39.0 Å². The van der Waals surface area contributed by atoms with Gasteiger partial charge in [0.05, 0.1) is 4.90 Å². The molecular weight excluding hydrogens is 324 g/mol. The molecule has 1 amide bonds. The first-order valence-corrected chi connectivity index (χ1v) is 9.37. The smallest absolute Gasteiger partial charge is 0.251 e. The van der Waals surface area contributed by atoms with Gasteiger partial charge in [-0.15, -0.1) is 0 Å². The van der Waals surface area contributed by atoms with Gasteiger partial charge in [0, 0.05) is 12.1 Å². The Morgan fingerprint density at radius 2 is 1.71 bits per heavy atom. The topological polar surface area (TPSA) is 89.3 Å². The van der Waals surface area contributed by atoms with E-state index in [-0.39, 0.29) is 10.8 Å². The quantitative estimate of drug-likeness (QED) is 0.870. The number of amides is 1. The lowest BCUT2D eigenvalue weighted by molar-refractivity contribution is 0.0954. The highest BCUT2D eigenvalue weighted by molar-refractivity contribution is 7.89. The maximum Gasteiger partial charge on any atom is 0.251 e. The van der Waals surface area contributed by atoms with Crippen molar-refractivity contribution >= 4 is 15.9 Å². The molecule has 0 radical (unpaired) electrons. The number of hydrogen-bond acceptors (Lipinski definition) is 3. The second-order valence-corrected chi connectivity index (χ2v) is 6.63. The average molecular weight is 348 g/mol. The SMILES string of the molecule is CC.Cc1cccc(C(=O)NCCc2ccc(S(N)(=O)=O)cc2)c1. The van der Waals surface area contributed by atoms with E-state index in [2.05, 4.69) is 5.32 Å². The van der Waals surface area contributed by atoms with Crippen molar-refractivity contribution in [3.63, 3.8) is 0 Å². The summed E-state index contributed by atoms with van der Waals surface area (Å²) >= 11 is 0. The summed E-state index contributed by atoms with van der Waals surface area (Å²) in [4.78, 5) is 12.0. The molecular formula is C18H24N2O3S. The van der Waals surface area contributed by atoms with E-state index >= 15 is 0 Å². The molecule has 0 aromatic heterocycles. The van der Waals surface area contributed by atoms with Crippen LogP contribution in [0.5, 0.6) is 0 Å². The molecule has 0 atom stereocenters. The number of benzene rings is 2. The molecule has 5 nitrogen and oxygen atoms in total. The number of sulfonamides is 1. The van der Waals surface area contributed by atoms with E-state index in [9.17, 15) is 13.2 Å². The number of nitrogens with one attached hydrogen (secondary N) is 1. The van der Waals surface area contributed by atoms with Gasteiger partial charge in [0.15, 0.2) is 0 Å². The maximum absolute atomic E-state index is 12.0. The summed E-state index contributed by atoms with van der Waals surface area (Å²) in [5.74, 6) is -0.121. The highest BCUT2D eigenvalue weighted by atomic mass is 32.2. The molecule has 0 bridgehead atoms. The van der Waals surface area contributed by atoms with Crippen LogP contribution in [0.2, 0.25) is 0 Å². The molecule has 3 N–H and O–H groups in total. The summed E-state index contributed by atoms with van der Waals surface area (Å²) in [7, 11) is -3.66. The van der Waals surface area contributed by atoms with Gasteiger partial charge in [-0.25, -0.2) is 13.6 Å². The van der Waals surface area contributed by atoms with E-state index in [0.717, 1.165) is 11.1 Å². The summed E-state index contributed by atoms with van der Waals surface area (Å²) < 4.78 is 22.3. The molecule has 0 saturated carbocycles. The van der Waals surface area contributed by atoms with Crippen LogP contribution in [0.3, 0.4) is 0 Å². The van der Waals surface area contributed by atoms with Crippen LogP contribution in [-0.2, 0) is 16.4 Å². The summed E-state index contributed by atoms with van der Waals surface area (Å²) in [6.45, 7) is 6.41. The fraction of sp³-hybridized carbons (Fsp3) is 0.278. The molecule has 0 aliphatic carbocycles. The van der Waals surface area contributed by atoms with Gasteiger partial charge in [-0.3, -0.25) is 4.79 Å². The monoisotopic (exact) mass is 348 g/mol. The van der Waals surface area contributed by atoms with Gasteiger partial charge in [0.1, 0.15) is 0 Å². The number of hydrogen-bond donors (Lipinski definition) is 2. The Bertz CT molecular complexity index is 769. The summed E-state index contributed by atoms with van der Waals surface area (Å²) in [6.07, 6.45) is 0.614. The Morgan fingerprint density at radius 3 is 2.25 bits per heavy atom. The molecule has 0 saturated heterocycles. The summed E-state index contributed by atoms with van der Waals surface area (Å²) in [5.41, 5.74) is 2.59. The van der Waals surface area contributed by atoms with Gasteiger partial charge in [-0.1, -0.05) is 43.7 Å². The Morgan fingerprint density at radius 1 is 1.08 bits per heavy atom. The molecule has 2 aromatic rings. The predicted octanol–water partition coefficient (Wildman–Crippen LogP) is 2.64. The molecule has 24 heavy (non-hydrogen) atoms. The number of carbonyl (C=O) groups is 1. The number of aryl methyl sites for hydroxylation is 1. The van der Waals surface area contributed by atoms with Crippen molar-refractivity contribution in [3.8, 4) is 0 Å². The molecule has 6 heteroatoms. The molecule has 0 fully saturated rings. The molecule has 0 unspecified atom stereocenters. The third-order valence-corrected chi connectivity index (χ3v) is 4.16. The molecule has 2 rings (SSSR count). The van der Waals surface area contributed by atoms with E-state index in [0.29, 0.717) is 18.5 Å². The number of primary sulfonamides is 1. The van der Waals surface area contributed by atoms with Crippen molar-refractivity contribution in [2.24, 2.45) is 5.14 Å². The van der Waals surface area contributed by atoms with Crippen LogP contribution in [0.15, 0.2) is 53.4 Å². The molecule has 0 aliphatic heterocycles. The standard InChI is InChI=1S/C16H18N2O3S.C2H6/c1-12-3-2-4-14(11-12)16(19)18-10-9-13-5-7-15(8-6-13)22(17,20)21;1-2/h2-8,11H,9-10H2,1H3,(H,18,19)(H2,17,20,21);1-2H3. The number of nitrogens with two attached hydrogens (primary N) is 1. The van der Waals surface area contributed by atoms with Crippen LogP contribution in [0.4, 0.5) is 0 Å². The fourth-order valence-corrected chi connectivity index (χ4v) is 2.57. The van der Waals surface area contributed by atoms with Crippen molar-refractivity contribution in [2.45, 2.75) is 32.1 Å². The molecule has 130 valence electrons. The van der Waals surface area contributed by atoms with Gasteiger partial charge in [0.25, 0.3) is 5.91 Å². The minimum atomic E-state index is -3.66. The van der Waals surface area contributed by atoms with Crippen molar-refractivity contribution in [2.75, 3.05) is 6.54 Å². The highest BCUT2D eigenvalue weighted by Gasteiger charge is 2.07. The van der Waals surface area contributed by atoms with Gasteiger partial charge >= 0.3 is 0 Å². The summed E-state index contributed by atoms with van der Waals surface area (Å²) in [6, 6.07) is 13.7. The lowest BCUT2D eigenvalue weighted by atomic mass is 10.1. The fourth-order valence-electron chi connectivity index (χ4n) is 2.05. The van der Waals surface area contributed by atoms with E-state index in [4.69, 9.17) is 5.14 Å². The second kappa shape index (κ2) is 9.20. The first-order chi connectivity index (χ1) is 11.4. The van der Waals surface area contributed by atoms with Gasteiger partial charge in [-0.05, 0) is 43.2 Å². The minimum Gasteiger partial charge on any atom is -0.352 e. The lowest BCUT2D eigenvalue weighted by Crippen LogP contribution is -2.25.